The monoisotopic (exact) mass is 339 g/mol. The average molecular weight is 339 g/mol. The number of benzene rings is 1. The Morgan fingerprint density at radius 2 is 1.91 bits per heavy atom. The van der Waals surface area contributed by atoms with E-state index >= 15 is 0 Å². The van der Waals surface area contributed by atoms with Crippen LogP contribution in [0, 0.1) is 0 Å². The predicted molar refractivity (Wildman–Crippen MR) is 92.2 cm³/mol. The second kappa shape index (κ2) is 7.60. The van der Waals surface area contributed by atoms with Crippen molar-refractivity contribution in [2.24, 2.45) is 4.99 Å². The summed E-state index contributed by atoms with van der Waals surface area (Å²) >= 11 is 2.71. The molecule has 22 heavy (non-hydrogen) atoms. The van der Waals surface area contributed by atoms with E-state index in [1.807, 2.05) is 13.0 Å². The smallest absolute Gasteiger partial charge is 0.244 e. The van der Waals surface area contributed by atoms with Crippen LogP contribution in [0.1, 0.15) is 12.5 Å². The van der Waals surface area contributed by atoms with Gasteiger partial charge in [-0.2, -0.15) is 0 Å². The van der Waals surface area contributed by atoms with Gasteiger partial charge in [0.05, 0.1) is 21.3 Å². The third-order valence-corrected chi connectivity index (χ3v) is 4.79. The van der Waals surface area contributed by atoms with E-state index in [1.165, 1.54) is 0 Å². The quantitative estimate of drug-likeness (QED) is 0.766. The number of methoxy groups -OCH3 is 3. The highest BCUT2D eigenvalue weighted by Crippen LogP contribution is 2.41. The minimum Gasteiger partial charge on any atom is -0.493 e. The standard InChI is InChI=1S/C15H17NO4S2/c1-5-21-15-16-10(14(17)22-15)8-9-6-7-11(18-2)13(20-4)12(9)19-3/h6-8H,5H2,1-4H3. The van der Waals surface area contributed by atoms with E-state index in [4.69, 9.17) is 14.2 Å². The molecule has 0 bridgehead atoms. The van der Waals surface area contributed by atoms with Gasteiger partial charge in [-0.3, -0.25) is 4.79 Å². The van der Waals surface area contributed by atoms with Crippen molar-refractivity contribution in [2.45, 2.75) is 6.92 Å². The molecule has 1 aromatic rings. The molecule has 2 rings (SSSR count). The molecular formula is C15H17NO4S2. The van der Waals surface area contributed by atoms with Gasteiger partial charge in [-0.05, 0) is 35.7 Å². The Bertz CT molecular complexity index is 641. The lowest BCUT2D eigenvalue weighted by Crippen LogP contribution is -1.97. The number of carbonyl (C=O) groups excluding carboxylic acids is 1. The highest BCUT2D eigenvalue weighted by atomic mass is 32.2. The van der Waals surface area contributed by atoms with Crippen LogP contribution in [0.3, 0.4) is 0 Å². The van der Waals surface area contributed by atoms with E-state index in [0.717, 1.165) is 27.5 Å². The maximum atomic E-state index is 12.0. The van der Waals surface area contributed by atoms with Crippen molar-refractivity contribution in [3.05, 3.63) is 23.4 Å². The molecule has 1 aromatic carbocycles. The van der Waals surface area contributed by atoms with Crippen molar-refractivity contribution < 1.29 is 19.0 Å². The fourth-order valence-corrected chi connectivity index (χ4v) is 3.70. The van der Waals surface area contributed by atoms with Crippen LogP contribution in [0.2, 0.25) is 0 Å². The fraction of sp³-hybridized carbons (Fsp3) is 0.333. The first-order valence-electron chi connectivity index (χ1n) is 6.58. The molecule has 0 N–H and O–H groups in total. The Kier molecular flexibility index (Phi) is 5.79. The number of thioether (sulfide) groups is 2. The van der Waals surface area contributed by atoms with Gasteiger partial charge < -0.3 is 14.2 Å². The lowest BCUT2D eigenvalue weighted by atomic mass is 10.1. The Morgan fingerprint density at radius 3 is 2.50 bits per heavy atom. The molecule has 0 radical (unpaired) electrons. The largest absolute Gasteiger partial charge is 0.493 e. The molecule has 0 saturated heterocycles. The fourth-order valence-electron chi connectivity index (χ4n) is 1.96. The van der Waals surface area contributed by atoms with Gasteiger partial charge in [0.1, 0.15) is 10.1 Å². The van der Waals surface area contributed by atoms with Gasteiger partial charge in [-0.25, -0.2) is 4.99 Å². The van der Waals surface area contributed by atoms with E-state index in [2.05, 4.69) is 4.99 Å². The minimum absolute atomic E-state index is 0.0622. The molecule has 0 aromatic heterocycles. The molecule has 7 heteroatoms. The summed E-state index contributed by atoms with van der Waals surface area (Å²) in [6.45, 7) is 2.03. The summed E-state index contributed by atoms with van der Waals surface area (Å²) in [6, 6.07) is 3.58. The molecule has 0 saturated carbocycles. The summed E-state index contributed by atoms with van der Waals surface area (Å²) < 4.78 is 16.8. The third-order valence-electron chi connectivity index (χ3n) is 2.90. The molecule has 5 nitrogen and oxygen atoms in total. The summed E-state index contributed by atoms with van der Waals surface area (Å²) in [4.78, 5) is 16.4. The van der Waals surface area contributed by atoms with Crippen LogP contribution in [0.5, 0.6) is 17.2 Å². The van der Waals surface area contributed by atoms with Gasteiger partial charge >= 0.3 is 0 Å². The number of hydrogen-bond acceptors (Lipinski definition) is 7. The first-order valence-corrected chi connectivity index (χ1v) is 8.39. The first kappa shape index (κ1) is 16.8. The lowest BCUT2D eigenvalue weighted by Gasteiger charge is -2.14. The summed E-state index contributed by atoms with van der Waals surface area (Å²) in [6.07, 6.45) is 1.71. The first-order chi connectivity index (χ1) is 10.6. The molecule has 1 aliphatic heterocycles. The molecule has 0 spiro atoms. The molecule has 0 amide bonds. The van der Waals surface area contributed by atoms with Crippen molar-refractivity contribution in [1.82, 2.24) is 0 Å². The molecule has 0 fully saturated rings. The Morgan fingerprint density at radius 1 is 1.18 bits per heavy atom. The highest BCUT2D eigenvalue weighted by molar-refractivity contribution is 8.45. The van der Waals surface area contributed by atoms with Gasteiger partial charge in [0.25, 0.3) is 0 Å². The Labute approximate surface area is 138 Å². The molecular weight excluding hydrogens is 322 g/mol. The minimum atomic E-state index is -0.0622. The third kappa shape index (κ3) is 3.41. The topological polar surface area (TPSA) is 57.1 Å². The molecule has 0 atom stereocenters. The zero-order valence-corrected chi connectivity index (χ0v) is 14.5. The predicted octanol–water partition coefficient (Wildman–Crippen LogP) is 3.44. The summed E-state index contributed by atoms with van der Waals surface area (Å²) in [5.74, 6) is 2.45. The Hall–Kier alpha value is -1.60. The van der Waals surface area contributed by atoms with Gasteiger partial charge in [0, 0.05) is 5.56 Å². The van der Waals surface area contributed by atoms with Crippen LogP contribution in [-0.2, 0) is 4.79 Å². The van der Waals surface area contributed by atoms with Gasteiger partial charge in [0.15, 0.2) is 11.5 Å². The van der Waals surface area contributed by atoms with Crippen molar-refractivity contribution in [3.8, 4) is 17.2 Å². The maximum Gasteiger partial charge on any atom is 0.244 e. The van der Waals surface area contributed by atoms with E-state index in [9.17, 15) is 4.79 Å². The van der Waals surface area contributed by atoms with Crippen LogP contribution in [0.4, 0.5) is 0 Å². The van der Waals surface area contributed by atoms with Crippen LogP contribution >= 0.6 is 23.5 Å². The van der Waals surface area contributed by atoms with Crippen molar-refractivity contribution >= 4 is 39.1 Å². The van der Waals surface area contributed by atoms with Crippen molar-refractivity contribution in [1.29, 1.82) is 0 Å². The second-order valence-electron chi connectivity index (χ2n) is 4.15. The second-order valence-corrected chi connectivity index (χ2v) is 6.63. The van der Waals surface area contributed by atoms with Crippen LogP contribution in [0.25, 0.3) is 6.08 Å². The lowest BCUT2D eigenvalue weighted by molar-refractivity contribution is -0.107. The van der Waals surface area contributed by atoms with Gasteiger partial charge in [-0.15, -0.1) is 0 Å². The Balaban J connectivity index is 2.45. The van der Waals surface area contributed by atoms with E-state index < -0.39 is 0 Å². The molecule has 0 unspecified atom stereocenters. The summed E-state index contributed by atoms with van der Waals surface area (Å²) in [7, 11) is 4.65. The summed E-state index contributed by atoms with van der Waals surface area (Å²) in [5, 5.41) is -0.0622. The van der Waals surface area contributed by atoms with Crippen LogP contribution in [0.15, 0.2) is 22.8 Å². The zero-order valence-electron chi connectivity index (χ0n) is 12.8. The number of nitrogens with zero attached hydrogens (tertiary/aromatic N) is 1. The highest BCUT2D eigenvalue weighted by Gasteiger charge is 2.23. The van der Waals surface area contributed by atoms with Crippen LogP contribution < -0.4 is 14.2 Å². The maximum absolute atomic E-state index is 12.0. The molecule has 118 valence electrons. The number of carbonyl (C=O) groups is 1. The van der Waals surface area contributed by atoms with Gasteiger partial charge in [-0.1, -0.05) is 18.7 Å². The van der Waals surface area contributed by atoms with Crippen molar-refractivity contribution in [2.75, 3.05) is 27.1 Å². The van der Waals surface area contributed by atoms with Gasteiger partial charge in [0.2, 0.25) is 10.9 Å². The summed E-state index contributed by atoms with van der Waals surface area (Å²) in [5.41, 5.74) is 1.13. The molecule has 1 heterocycles. The normalized spacial score (nSPS) is 15.9. The number of ether oxygens (including phenoxy) is 3. The van der Waals surface area contributed by atoms with E-state index in [-0.39, 0.29) is 5.12 Å². The SMILES string of the molecule is CCSC1=NC(=Cc2ccc(OC)c(OC)c2OC)C(=O)S1. The van der Waals surface area contributed by atoms with Crippen molar-refractivity contribution in [3.63, 3.8) is 0 Å². The van der Waals surface area contributed by atoms with E-state index in [0.29, 0.717) is 22.9 Å². The van der Waals surface area contributed by atoms with E-state index in [1.54, 1.807) is 45.2 Å². The number of hydrogen-bond donors (Lipinski definition) is 0. The van der Waals surface area contributed by atoms with Crippen LogP contribution in [-0.4, -0.2) is 36.6 Å². The zero-order chi connectivity index (χ0) is 16.1. The molecule has 0 aliphatic carbocycles. The number of aliphatic imine (C=N–C) groups is 1. The average Bonchev–Trinajstić information content (AvgIpc) is 2.86. The number of rotatable bonds is 5. The molecule has 1 aliphatic rings.